The monoisotopic (exact) mass is 343 g/mol. The highest BCUT2D eigenvalue weighted by atomic mass is 79.9. The van der Waals surface area contributed by atoms with Crippen LogP contribution < -0.4 is 5.32 Å². The maximum Gasteiger partial charge on any atom is 0.123 e. The minimum Gasteiger partial charge on any atom is -0.377 e. The van der Waals surface area contributed by atoms with Crippen molar-refractivity contribution in [3.8, 4) is 0 Å². The molecule has 112 valence electrons. The summed E-state index contributed by atoms with van der Waals surface area (Å²) in [5.74, 6) is -0.183. The van der Waals surface area contributed by atoms with Gasteiger partial charge in [-0.25, -0.2) is 4.39 Å². The summed E-state index contributed by atoms with van der Waals surface area (Å²) < 4.78 is 20.2. The summed E-state index contributed by atoms with van der Waals surface area (Å²) in [5, 5.41) is 3.59. The standard InChI is InChI=1S/C16H23BrFNO/c1-3-9-19-15(16(20-2)7-4-8-16)11-12-10-13(18)5-6-14(12)17/h5-6,10,15,19H,3-4,7-9,11H2,1-2H3. The van der Waals surface area contributed by atoms with Gasteiger partial charge >= 0.3 is 0 Å². The number of rotatable bonds is 7. The summed E-state index contributed by atoms with van der Waals surface area (Å²) >= 11 is 3.52. The maximum absolute atomic E-state index is 13.5. The number of methoxy groups -OCH3 is 1. The lowest BCUT2D eigenvalue weighted by molar-refractivity contribution is -0.0981. The first-order valence-corrected chi connectivity index (χ1v) is 8.13. The van der Waals surface area contributed by atoms with E-state index in [9.17, 15) is 4.39 Å². The van der Waals surface area contributed by atoms with Crippen molar-refractivity contribution >= 4 is 15.9 Å². The Kier molecular flexibility index (Phi) is 5.58. The van der Waals surface area contributed by atoms with E-state index in [-0.39, 0.29) is 17.5 Å². The van der Waals surface area contributed by atoms with Crippen LogP contribution >= 0.6 is 15.9 Å². The second-order valence-corrected chi connectivity index (χ2v) is 6.42. The van der Waals surface area contributed by atoms with Gasteiger partial charge in [-0.15, -0.1) is 0 Å². The first-order chi connectivity index (χ1) is 9.61. The highest BCUT2D eigenvalue weighted by Crippen LogP contribution is 2.39. The number of ether oxygens (including phenoxy) is 1. The van der Waals surface area contributed by atoms with E-state index < -0.39 is 0 Å². The molecule has 1 unspecified atom stereocenters. The molecule has 1 aliphatic carbocycles. The van der Waals surface area contributed by atoms with Gasteiger partial charge in [0, 0.05) is 17.6 Å². The fraction of sp³-hybridized carbons (Fsp3) is 0.625. The van der Waals surface area contributed by atoms with Gasteiger partial charge < -0.3 is 10.1 Å². The molecule has 0 radical (unpaired) electrons. The predicted molar refractivity (Wildman–Crippen MR) is 83.5 cm³/mol. The summed E-state index contributed by atoms with van der Waals surface area (Å²) in [4.78, 5) is 0. The van der Waals surface area contributed by atoms with Crippen molar-refractivity contribution in [3.05, 3.63) is 34.1 Å². The van der Waals surface area contributed by atoms with Crippen LogP contribution in [-0.2, 0) is 11.2 Å². The number of benzene rings is 1. The van der Waals surface area contributed by atoms with Crippen LogP contribution in [0.25, 0.3) is 0 Å². The zero-order valence-electron chi connectivity index (χ0n) is 12.2. The van der Waals surface area contributed by atoms with E-state index in [1.54, 1.807) is 19.2 Å². The van der Waals surface area contributed by atoms with Gasteiger partial charge in [0.15, 0.2) is 0 Å². The molecule has 0 aliphatic heterocycles. The molecular formula is C16H23BrFNO. The van der Waals surface area contributed by atoms with Gasteiger partial charge in [0.05, 0.1) is 5.60 Å². The summed E-state index contributed by atoms with van der Waals surface area (Å²) in [5.41, 5.74) is 0.919. The van der Waals surface area contributed by atoms with E-state index in [1.807, 2.05) is 0 Å². The zero-order chi connectivity index (χ0) is 14.6. The fourth-order valence-corrected chi connectivity index (χ4v) is 3.31. The van der Waals surface area contributed by atoms with E-state index in [0.29, 0.717) is 0 Å². The molecule has 0 bridgehead atoms. The van der Waals surface area contributed by atoms with E-state index in [2.05, 4.69) is 28.2 Å². The number of hydrogen-bond donors (Lipinski definition) is 1. The van der Waals surface area contributed by atoms with Crippen LogP contribution in [-0.4, -0.2) is 25.3 Å². The van der Waals surface area contributed by atoms with Crippen molar-refractivity contribution in [2.24, 2.45) is 0 Å². The molecule has 1 aromatic carbocycles. The highest BCUT2D eigenvalue weighted by Gasteiger charge is 2.44. The van der Waals surface area contributed by atoms with Crippen molar-refractivity contribution in [3.63, 3.8) is 0 Å². The van der Waals surface area contributed by atoms with E-state index in [1.165, 1.54) is 12.5 Å². The van der Waals surface area contributed by atoms with Gasteiger partial charge in [0.2, 0.25) is 0 Å². The molecule has 2 rings (SSSR count). The van der Waals surface area contributed by atoms with Crippen LogP contribution in [0, 0.1) is 5.82 Å². The average Bonchev–Trinajstić information content (AvgIpc) is 2.39. The molecule has 20 heavy (non-hydrogen) atoms. The van der Waals surface area contributed by atoms with Crippen LogP contribution in [0.4, 0.5) is 4.39 Å². The Hall–Kier alpha value is -0.450. The van der Waals surface area contributed by atoms with Gasteiger partial charge in [-0.1, -0.05) is 22.9 Å². The molecular weight excluding hydrogens is 321 g/mol. The number of nitrogens with one attached hydrogen (secondary N) is 1. The van der Waals surface area contributed by atoms with Gasteiger partial charge in [0.25, 0.3) is 0 Å². The Labute approximate surface area is 129 Å². The zero-order valence-corrected chi connectivity index (χ0v) is 13.8. The summed E-state index contributed by atoms with van der Waals surface area (Å²) in [6.45, 7) is 3.12. The van der Waals surface area contributed by atoms with Crippen molar-refractivity contribution in [2.45, 2.75) is 50.7 Å². The molecule has 1 N–H and O–H groups in total. The molecule has 0 saturated heterocycles. The fourth-order valence-electron chi connectivity index (χ4n) is 2.90. The molecule has 1 aliphatic rings. The molecule has 0 spiro atoms. The van der Waals surface area contributed by atoms with Crippen molar-refractivity contribution in [1.29, 1.82) is 0 Å². The molecule has 0 heterocycles. The largest absolute Gasteiger partial charge is 0.377 e. The Bertz CT molecular complexity index is 443. The SMILES string of the molecule is CCCNC(Cc1cc(F)ccc1Br)C1(OC)CCC1. The minimum atomic E-state index is -0.183. The highest BCUT2D eigenvalue weighted by molar-refractivity contribution is 9.10. The Balaban J connectivity index is 2.16. The number of hydrogen-bond acceptors (Lipinski definition) is 2. The van der Waals surface area contributed by atoms with E-state index in [0.717, 1.165) is 42.3 Å². The smallest absolute Gasteiger partial charge is 0.123 e. The first kappa shape index (κ1) is 15.9. The minimum absolute atomic E-state index is 0.0824. The Morgan fingerprint density at radius 3 is 2.75 bits per heavy atom. The van der Waals surface area contributed by atoms with Crippen molar-refractivity contribution in [1.82, 2.24) is 5.32 Å². The average molecular weight is 344 g/mol. The van der Waals surface area contributed by atoms with Gasteiger partial charge in [0.1, 0.15) is 5.82 Å². The lowest BCUT2D eigenvalue weighted by atomic mass is 9.72. The quantitative estimate of drug-likeness (QED) is 0.805. The summed E-state index contributed by atoms with van der Waals surface area (Å²) in [6, 6.07) is 5.12. The molecule has 2 nitrogen and oxygen atoms in total. The van der Waals surface area contributed by atoms with Crippen LogP contribution in [0.2, 0.25) is 0 Å². The van der Waals surface area contributed by atoms with E-state index in [4.69, 9.17) is 4.74 Å². The van der Waals surface area contributed by atoms with Crippen LogP contribution in [0.3, 0.4) is 0 Å². The van der Waals surface area contributed by atoms with Crippen molar-refractivity contribution < 1.29 is 9.13 Å². The van der Waals surface area contributed by atoms with Crippen LogP contribution in [0.5, 0.6) is 0 Å². The molecule has 1 saturated carbocycles. The third-order valence-electron chi connectivity index (χ3n) is 4.31. The molecule has 4 heteroatoms. The molecule has 1 aromatic rings. The Morgan fingerprint density at radius 1 is 1.45 bits per heavy atom. The first-order valence-electron chi connectivity index (χ1n) is 7.34. The second-order valence-electron chi connectivity index (χ2n) is 5.57. The molecule has 0 amide bonds. The summed E-state index contributed by atoms with van der Waals surface area (Å²) in [6.07, 6.45) is 5.24. The molecule has 0 aromatic heterocycles. The third kappa shape index (κ3) is 3.41. The Morgan fingerprint density at radius 2 is 2.20 bits per heavy atom. The maximum atomic E-state index is 13.5. The molecule has 1 atom stereocenters. The third-order valence-corrected chi connectivity index (χ3v) is 5.09. The summed E-state index contributed by atoms with van der Waals surface area (Å²) in [7, 11) is 1.79. The molecule has 1 fully saturated rings. The van der Waals surface area contributed by atoms with Gasteiger partial charge in [-0.3, -0.25) is 0 Å². The normalized spacial score (nSPS) is 18.6. The number of halogens is 2. The van der Waals surface area contributed by atoms with Crippen LogP contribution in [0.15, 0.2) is 22.7 Å². The van der Waals surface area contributed by atoms with E-state index >= 15 is 0 Å². The van der Waals surface area contributed by atoms with Crippen LogP contribution in [0.1, 0.15) is 38.2 Å². The van der Waals surface area contributed by atoms with Gasteiger partial charge in [-0.05, 0) is 62.4 Å². The second kappa shape index (κ2) is 7.01. The lowest BCUT2D eigenvalue weighted by Crippen LogP contribution is -2.57. The predicted octanol–water partition coefficient (Wildman–Crippen LogP) is 4.07. The lowest BCUT2D eigenvalue weighted by Gasteiger charge is -2.47. The topological polar surface area (TPSA) is 21.3 Å². The van der Waals surface area contributed by atoms with Gasteiger partial charge in [-0.2, -0.15) is 0 Å². The van der Waals surface area contributed by atoms with Crippen molar-refractivity contribution in [2.75, 3.05) is 13.7 Å².